The molecule has 0 saturated carbocycles. The third kappa shape index (κ3) is 6.45. The third-order valence-electron chi connectivity index (χ3n) is 6.07. The Balaban J connectivity index is 1.57. The van der Waals surface area contributed by atoms with Gasteiger partial charge in [-0.3, -0.25) is 4.79 Å². The zero-order valence-corrected chi connectivity index (χ0v) is 19.7. The summed E-state index contributed by atoms with van der Waals surface area (Å²) in [4.78, 5) is 15.1. The summed E-state index contributed by atoms with van der Waals surface area (Å²) in [7, 11) is 0. The summed E-state index contributed by atoms with van der Waals surface area (Å²) in [5.41, 5.74) is 7.07. The lowest BCUT2D eigenvalue weighted by molar-refractivity contribution is -0.131. The molecule has 1 heterocycles. The van der Waals surface area contributed by atoms with Crippen LogP contribution in [0.2, 0.25) is 0 Å². The monoisotopic (exact) mass is 443 g/mol. The zero-order chi connectivity index (χ0) is 23.0. The SMILES string of the molecule is CCc1ccc2c(c1)Cc1cccc(c1)CN(C(=O)Cc1cccc(C)c1)CCOCCO2. The standard InChI is InChI=1S/C29H33NO3/c1-3-23-10-11-28-27(18-23)19-25-8-5-9-26(17-25)21-30(12-13-32-14-15-33-28)29(31)20-24-7-4-6-22(2)16-24/h4-11,16-18H,3,12-15,19-21H2,1-2H3. The van der Waals surface area contributed by atoms with Gasteiger partial charge in [-0.15, -0.1) is 0 Å². The number of rotatable bonds is 3. The summed E-state index contributed by atoms with van der Waals surface area (Å²) in [5.74, 6) is 1.05. The van der Waals surface area contributed by atoms with Crippen LogP contribution in [0.5, 0.6) is 5.75 Å². The lowest BCUT2D eigenvalue weighted by Gasteiger charge is -2.24. The molecule has 1 aliphatic heterocycles. The van der Waals surface area contributed by atoms with Gasteiger partial charge in [0.15, 0.2) is 0 Å². The Morgan fingerprint density at radius 2 is 1.76 bits per heavy atom. The van der Waals surface area contributed by atoms with Crippen LogP contribution in [0.4, 0.5) is 0 Å². The molecule has 1 aliphatic rings. The van der Waals surface area contributed by atoms with Gasteiger partial charge >= 0.3 is 0 Å². The van der Waals surface area contributed by atoms with Gasteiger partial charge in [0.1, 0.15) is 12.4 Å². The maximum atomic E-state index is 13.2. The van der Waals surface area contributed by atoms with E-state index in [9.17, 15) is 4.79 Å². The van der Waals surface area contributed by atoms with E-state index in [0.29, 0.717) is 39.3 Å². The van der Waals surface area contributed by atoms with Crippen LogP contribution in [0.1, 0.15) is 40.3 Å². The number of nitrogens with zero attached hydrogens (tertiary/aromatic N) is 1. The van der Waals surface area contributed by atoms with E-state index in [1.165, 1.54) is 22.3 Å². The highest BCUT2D eigenvalue weighted by Crippen LogP contribution is 2.25. The maximum Gasteiger partial charge on any atom is 0.227 e. The number of aryl methyl sites for hydroxylation is 2. The highest BCUT2D eigenvalue weighted by atomic mass is 16.5. The molecule has 0 radical (unpaired) electrons. The molecule has 3 aromatic carbocycles. The van der Waals surface area contributed by atoms with Crippen molar-refractivity contribution < 1.29 is 14.3 Å². The molecule has 0 aliphatic carbocycles. The van der Waals surface area contributed by atoms with Gasteiger partial charge in [-0.1, -0.05) is 73.2 Å². The van der Waals surface area contributed by atoms with E-state index >= 15 is 0 Å². The second kappa shape index (κ2) is 11.2. The van der Waals surface area contributed by atoms with Crippen molar-refractivity contribution in [3.05, 3.63) is 100 Å². The van der Waals surface area contributed by atoms with Crippen molar-refractivity contribution in [2.45, 2.75) is 39.7 Å². The van der Waals surface area contributed by atoms with Crippen LogP contribution in [0.15, 0.2) is 66.7 Å². The number of amides is 1. The minimum absolute atomic E-state index is 0.121. The Morgan fingerprint density at radius 1 is 0.909 bits per heavy atom. The Hall–Kier alpha value is -3.11. The van der Waals surface area contributed by atoms with Crippen LogP contribution < -0.4 is 4.74 Å². The summed E-state index contributed by atoms with van der Waals surface area (Å²) in [5, 5.41) is 0. The van der Waals surface area contributed by atoms with Gasteiger partial charge in [-0.05, 0) is 47.2 Å². The highest BCUT2D eigenvalue weighted by Gasteiger charge is 2.16. The largest absolute Gasteiger partial charge is 0.491 e. The van der Waals surface area contributed by atoms with Crippen LogP contribution in [0.3, 0.4) is 0 Å². The molecule has 2 bridgehead atoms. The Labute approximate surface area is 197 Å². The molecule has 4 rings (SSSR count). The molecule has 0 saturated heterocycles. The van der Waals surface area contributed by atoms with Gasteiger partial charge in [-0.2, -0.15) is 0 Å². The molecule has 0 aromatic heterocycles. The highest BCUT2D eigenvalue weighted by molar-refractivity contribution is 5.78. The average Bonchev–Trinajstić information content (AvgIpc) is 2.81. The van der Waals surface area contributed by atoms with Crippen molar-refractivity contribution in [1.82, 2.24) is 4.90 Å². The first-order valence-electron chi connectivity index (χ1n) is 11.8. The third-order valence-corrected chi connectivity index (χ3v) is 6.07. The lowest BCUT2D eigenvalue weighted by Crippen LogP contribution is -2.35. The lowest BCUT2D eigenvalue weighted by atomic mass is 9.99. The van der Waals surface area contributed by atoms with Gasteiger partial charge in [0.05, 0.1) is 19.6 Å². The topological polar surface area (TPSA) is 38.8 Å². The second-order valence-electron chi connectivity index (χ2n) is 8.73. The van der Waals surface area contributed by atoms with Crippen molar-refractivity contribution >= 4 is 5.91 Å². The van der Waals surface area contributed by atoms with Crippen LogP contribution in [-0.4, -0.2) is 37.2 Å². The summed E-state index contributed by atoms with van der Waals surface area (Å²) in [6.45, 7) is 6.85. The van der Waals surface area contributed by atoms with Crippen molar-refractivity contribution in [3.8, 4) is 5.75 Å². The number of fused-ring (bicyclic) bond motifs is 3. The number of hydrogen-bond donors (Lipinski definition) is 0. The molecule has 4 nitrogen and oxygen atoms in total. The van der Waals surface area contributed by atoms with Gasteiger partial charge in [0.25, 0.3) is 0 Å². The van der Waals surface area contributed by atoms with Gasteiger partial charge in [0, 0.05) is 19.5 Å². The molecule has 0 atom stereocenters. The maximum absolute atomic E-state index is 13.2. The first-order chi connectivity index (χ1) is 16.1. The molecule has 0 N–H and O–H groups in total. The molecule has 3 aromatic rings. The van der Waals surface area contributed by atoms with Gasteiger partial charge in [-0.25, -0.2) is 0 Å². The average molecular weight is 444 g/mol. The van der Waals surface area contributed by atoms with Gasteiger partial charge in [0.2, 0.25) is 5.91 Å². The van der Waals surface area contributed by atoms with Crippen LogP contribution in [-0.2, 0) is 35.3 Å². The molecule has 0 fully saturated rings. The molecule has 4 heteroatoms. The first kappa shape index (κ1) is 23.1. The van der Waals surface area contributed by atoms with E-state index in [-0.39, 0.29) is 5.91 Å². The Morgan fingerprint density at radius 3 is 2.61 bits per heavy atom. The van der Waals surface area contributed by atoms with Crippen molar-refractivity contribution in [2.24, 2.45) is 0 Å². The number of ether oxygens (including phenoxy) is 2. The summed E-state index contributed by atoms with van der Waals surface area (Å²) in [6.07, 6.45) is 2.20. The predicted molar refractivity (Wildman–Crippen MR) is 132 cm³/mol. The normalized spacial score (nSPS) is 14.7. The van der Waals surface area contributed by atoms with Crippen LogP contribution >= 0.6 is 0 Å². The molecule has 0 unspecified atom stereocenters. The summed E-state index contributed by atoms with van der Waals surface area (Å²) in [6, 6.07) is 23.2. The van der Waals surface area contributed by atoms with Crippen LogP contribution in [0, 0.1) is 6.92 Å². The minimum atomic E-state index is 0.121. The quantitative estimate of drug-likeness (QED) is 0.563. The fourth-order valence-electron chi connectivity index (χ4n) is 4.30. The fraction of sp³-hybridized carbons (Fsp3) is 0.345. The molecular weight excluding hydrogens is 410 g/mol. The smallest absolute Gasteiger partial charge is 0.227 e. The molecule has 0 spiro atoms. The Kier molecular flexibility index (Phi) is 7.79. The number of carbonyl (C=O) groups excluding carboxylic acids is 1. The second-order valence-corrected chi connectivity index (χ2v) is 8.73. The van der Waals surface area contributed by atoms with E-state index < -0.39 is 0 Å². The first-order valence-corrected chi connectivity index (χ1v) is 11.8. The minimum Gasteiger partial charge on any atom is -0.491 e. The number of benzene rings is 3. The molecule has 1 amide bonds. The van der Waals surface area contributed by atoms with E-state index in [1.54, 1.807) is 0 Å². The number of hydrogen-bond acceptors (Lipinski definition) is 3. The molecular formula is C29H33NO3. The van der Waals surface area contributed by atoms with Crippen molar-refractivity contribution in [2.75, 3.05) is 26.4 Å². The zero-order valence-electron chi connectivity index (χ0n) is 19.7. The van der Waals surface area contributed by atoms with E-state index in [2.05, 4.69) is 68.4 Å². The van der Waals surface area contributed by atoms with E-state index in [4.69, 9.17) is 9.47 Å². The molecule has 172 valence electrons. The predicted octanol–water partition coefficient (Wildman–Crippen LogP) is 5.13. The van der Waals surface area contributed by atoms with Crippen molar-refractivity contribution in [1.29, 1.82) is 0 Å². The summed E-state index contributed by atoms with van der Waals surface area (Å²) >= 11 is 0. The van der Waals surface area contributed by atoms with E-state index in [0.717, 1.165) is 29.7 Å². The van der Waals surface area contributed by atoms with Gasteiger partial charge < -0.3 is 14.4 Å². The summed E-state index contributed by atoms with van der Waals surface area (Å²) < 4.78 is 11.9. The van der Waals surface area contributed by atoms with Crippen molar-refractivity contribution in [3.63, 3.8) is 0 Å². The van der Waals surface area contributed by atoms with E-state index in [1.807, 2.05) is 17.0 Å². The Bertz CT molecular complexity index is 1090. The fourth-order valence-corrected chi connectivity index (χ4v) is 4.30. The number of carbonyl (C=O) groups is 1. The molecule has 33 heavy (non-hydrogen) atoms. The van der Waals surface area contributed by atoms with Crippen LogP contribution in [0.25, 0.3) is 0 Å².